The van der Waals surface area contributed by atoms with Crippen molar-refractivity contribution >= 4 is 29.2 Å². The number of hydrogen-bond donors (Lipinski definition) is 2. The topological polar surface area (TPSA) is 81.4 Å². The highest BCUT2D eigenvalue weighted by molar-refractivity contribution is 6.31. The van der Waals surface area contributed by atoms with E-state index in [0.29, 0.717) is 10.9 Å². The second-order valence-corrected chi connectivity index (χ2v) is 5.44. The highest BCUT2D eigenvalue weighted by atomic mass is 35.5. The Hall–Kier alpha value is -1.75. The van der Waals surface area contributed by atoms with E-state index in [2.05, 4.69) is 5.32 Å². The molecule has 1 atom stereocenters. The number of benzene rings is 1. The molecule has 2 rings (SSSR count). The maximum Gasteiger partial charge on any atom is 0.340 e. The van der Waals surface area contributed by atoms with Crippen molar-refractivity contribution in [3.05, 3.63) is 28.8 Å². The van der Waals surface area contributed by atoms with Crippen molar-refractivity contribution in [3.63, 3.8) is 0 Å². The molecule has 1 aromatic rings. The molecule has 1 aromatic carbocycles. The largest absolute Gasteiger partial charge is 0.452 e. The lowest BCUT2D eigenvalue weighted by atomic mass is 10.2. The van der Waals surface area contributed by atoms with E-state index >= 15 is 0 Å². The van der Waals surface area contributed by atoms with Gasteiger partial charge in [0.25, 0.3) is 5.91 Å². The third-order valence-electron chi connectivity index (χ3n) is 3.29. The lowest BCUT2D eigenvalue weighted by Crippen LogP contribution is -2.37. The summed E-state index contributed by atoms with van der Waals surface area (Å²) in [5, 5.41) is 3.19. The van der Waals surface area contributed by atoms with Crippen molar-refractivity contribution in [2.24, 2.45) is 5.92 Å². The fraction of sp³-hybridized carbons (Fsp3) is 0.429. The van der Waals surface area contributed by atoms with Crippen LogP contribution in [0.4, 0.5) is 5.69 Å². The van der Waals surface area contributed by atoms with Gasteiger partial charge in [0.2, 0.25) is 0 Å². The summed E-state index contributed by atoms with van der Waals surface area (Å²) in [6, 6.07) is 4.65. The van der Waals surface area contributed by atoms with Gasteiger partial charge in [0.1, 0.15) is 0 Å². The number of amides is 1. The molecule has 0 spiro atoms. The van der Waals surface area contributed by atoms with Gasteiger partial charge in [-0.15, -0.1) is 0 Å². The fourth-order valence-electron chi connectivity index (χ4n) is 1.92. The van der Waals surface area contributed by atoms with Crippen molar-refractivity contribution < 1.29 is 14.3 Å². The Morgan fingerprint density at radius 3 is 2.85 bits per heavy atom. The number of nitrogens with one attached hydrogen (secondary N) is 1. The molecule has 0 saturated heterocycles. The predicted molar refractivity (Wildman–Crippen MR) is 76.5 cm³/mol. The number of anilines is 1. The molecule has 0 aliphatic heterocycles. The summed E-state index contributed by atoms with van der Waals surface area (Å²) < 4.78 is 4.94. The zero-order valence-corrected chi connectivity index (χ0v) is 11.9. The van der Waals surface area contributed by atoms with Crippen LogP contribution in [0.2, 0.25) is 5.02 Å². The SMILES string of the molecule is C[C@@H](NC(=O)COC(=O)c1cc(Cl)ccc1N)C1CC1. The minimum absolute atomic E-state index is 0.123. The number of halogens is 1. The molecular weight excluding hydrogens is 280 g/mol. The molecule has 1 aliphatic carbocycles. The minimum atomic E-state index is -0.653. The number of nitrogens with two attached hydrogens (primary N) is 1. The Balaban J connectivity index is 1.85. The summed E-state index contributed by atoms with van der Waals surface area (Å²) in [7, 11) is 0. The van der Waals surface area contributed by atoms with E-state index in [0.717, 1.165) is 12.8 Å². The molecule has 20 heavy (non-hydrogen) atoms. The van der Waals surface area contributed by atoms with Gasteiger partial charge < -0.3 is 15.8 Å². The minimum Gasteiger partial charge on any atom is -0.452 e. The number of nitrogen functional groups attached to an aromatic ring is 1. The number of carbonyl (C=O) groups is 2. The molecule has 1 fully saturated rings. The van der Waals surface area contributed by atoms with Gasteiger partial charge >= 0.3 is 5.97 Å². The maximum atomic E-state index is 11.8. The Morgan fingerprint density at radius 1 is 1.50 bits per heavy atom. The van der Waals surface area contributed by atoms with Crippen LogP contribution in [0.3, 0.4) is 0 Å². The Bertz CT molecular complexity index is 529. The van der Waals surface area contributed by atoms with E-state index < -0.39 is 5.97 Å². The van der Waals surface area contributed by atoms with Crippen LogP contribution in [0.5, 0.6) is 0 Å². The van der Waals surface area contributed by atoms with Crippen LogP contribution in [0.25, 0.3) is 0 Å². The number of esters is 1. The van der Waals surface area contributed by atoms with Crippen molar-refractivity contribution in [1.82, 2.24) is 5.32 Å². The highest BCUT2D eigenvalue weighted by Gasteiger charge is 2.29. The average Bonchev–Trinajstić information content (AvgIpc) is 3.23. The Kier molecular flexibility index (Phi) is 4.49. The van der Waals surface area contributed by atoms with E-state index in [1.54, 1.807) is 6.07 Å². The summed E-state index contributed by atoms with van der Waals surface area (Å²) >= 11 is 5.79. The normalized spacial score (nSPS) is 15.5. The van der Waals surface area contributed by atoms with E-state index in [9.17, 15) is 9.59 Å². The van der Waals surface area contributed by atoms with Gasteiger partial charge in [-0.2, -0.15) is 0 Å². The zero-order valence-electron chi connectivity index (χ0n) is 11.2. The molecule has 6 heteroatoms. The van der Waals surface area contributed by atoms with Gasteiger partial charge in [-0.1, -0.05) is 11.6 Å². The molecule has 0 unspecified atom stereocenters. The summed E-state index contributed by atoms with van der Waals surface area (Å²) in [5.41, 5.74) is 6.10. The quantitative estimate of drug-likeness (QED) is 0.643. The van der Waals surface area contributed by atoms with Crippen molar-refractivity contribution in [2.75, 3.05) is 12.3 Å². The summed E-state index contributed by atoms with van der Waals surface area (Å²) in [5.74, 6) is -0.407. The van der Waals surface area contributed by atoms with Crippen LogP contribution in [-0.2, 0) is 9.53 Å². The van der Waals surface area contributed by atoms with Crippen LogP contribution in [0.15, 0.2) is 18.2 Å². The monoisotopic (exact) mass is 296 g/mol. The van der Waals surface area contributed by atoms with Crippen molar-refractivity contribution in [2.45, 2.75) is 25.8 Å². The van der Waals surface area contributed by atoms with Crippen LogP contribution < -0.4 is 11.1 Å². The van der Waals surface area contributed by atoms with Crippen LogP contribution in [0, 0.1) is 5.92 Å². The van der Waals surface area contributed by atoms with Gasteiger partial charge in [0.15, 0.2) is 6.61 Å². The van der Waals surface area contributed by atoms with E-state index in [4.69, 9.17) is 22.1 Å². The van der Waals surface area contributed by atoms with Crippen molar-refractivity contribution in [3.8, 4) is 0 Å². The van der Waals surface area contributed by atoms with Gasteiger partial charge in [-0.3, -0.25) is 4.79 Å². The van der Waals surface area contributed by atoms with Crippen LogP contribution in [-0.4, -0.2) is 24.5 Å². The van der Waals surface area contributed by atoms with Gasteiger partial charge in [-0.05, 0) is 43.9 Å². The molecule has 1 saturated carbocycles. The van der Waals surface area contributed by atoms with Gasteiger partial charge in [0, 0.05) is 16.8 Å². The third kappa shape index (κ3) is 3.87. The Morgan fingerprint density at radius 2 is 2.20 bits per heavy atom. The first-order valence-electron chi connectivity index (χ1n) is 6.49. The molecule has 5 nitrogen and oxygen atoms in total. The van der Waals surface area contributed by atoms with E-state index in [1.807, 2.05) is 6.92 Å². The first kappa shape index (κ1) is 14.7. The number of ether oxygens (including phenoxy) is 1. The zero-order chi connectivity index (χ0) is 14.7. The molecule has 0 radical (unpaired) electrons. The maximum absolute atomic E-state index is 11.8. The molecule has 0 aromatic heterocycles. The molecule has 1 amide bonds. The molecule has 108 valence electrons. The van der Waals surface area contributed by atoms with Gasteiger partial charge in [0.05, 0.1) is 5.56 Å². The van der Waals surface area contributed by atoms with Crippen molar-refractivity contribution in [1.29, 1.82) is 0 Å². The van der Waals surface area contributed by atoms with Crippen LogP contribution >= 0.6 is 11.6 Å². The molecule has 0 bridgehead atoms. The predicted octanol–water partition coefficient (Wildman–Crippen LogP) is 1.99. The van der Waals surface area contributed by atoms with E-state index in [-0.39, 0.29) is 29.8 Å². The first-order chi connectivity index (χ1) is 9.47. The molecule has 0 heterocycles. The summed E-state index contributed by atoms with van der Waals surface area (Å²) in [4.78, 5) is 23.4. The standard InChI is InChI=1S/C14H17ClN2O3/c1-8(9-2-3-9)17-13(18)7-20-14(19)11-6-10(15)4-5-12(11)16/h4-6,8-9H,2-3,7,16H2,1H3,(H,17,18)/t8-/m1/s1. The second-order valence-electron chi connectivity index (χ2n) is 5.00. The first-order valence-corrected chi connectivity index (χ1v) is 6.86. The number of hydrogen-bond acceptors (Lipinski definition) is 4. The fourth-order valence-corrected chi connectivity index (χ4v) is 2.10. The third-order valence-corrected chi connectivity index (χ3v) is 3.52. The smallest absolute Gasteiger partial charge is 0.340 e. The molecule has 1 aliphatic rings. The highest BCUT2D eigenvalue weighted by Crippen LogP contribution is 2.32. The summed E-state index contributed by atoms with van der Waals surface area (Å²) in [6.07, 6.45) is 2.28. The number of rotatable bonds is 5. The van der Waals surface area contributed by atoms with E-state index in [1.165, 1.54) is 12.1 Å². The lowest BCUT2D eigenvalue weighted by Gasteiger charge is -2.13. The summed E-state index contributed by atoms with van der Waals surface area (Å²) in [6.45, 7) is 1.63. The second kappa shape index (κ2) is 6.13. The van der Waals surface area contributed by atoms with Gasteiger partial charge in [-0.25, -0.2) is 4.79 Å². The van der Waals surface area contributed by atoms with Crippen LogP contribution in [0.1, 0.15) is 30.1 Å². The molecular formula is C14H17ClN2O3. The Labute approximate surface area is 122 Å². The molecule has 3 N–H and O–H groups in total. The number of carbonyl (C=O) groups excluding carboxylic acids is 2. The lowest BCUT2D eigenvalue weighted by molar-refractivity contribution is -0.124. The average molecular weight is 297 g/mol.